The van der Waals surface area contributed by atoms with Gasteiger partial charge in [0.25, 0.3) is 5.56 Å². The number of rotatable bonds is 6. The molecule has 0 bridgehead atoms. The first-order valence-corrected chi connectivity index (χ1v) is 12.7. The van der Waals surface area contributed by atoms with Crippen LogP contribution in [0.15, 0.2) is 41.3 Å². The highest BCUT2D eigenvalue weighted by Gasteiger charge is 2.30. The van der Waals surface area contributed by atoms with Gasteiger partial charge in [0.1, 0.15) is 0 Å². The third kappa shape index (κ3) is 4.92. The number of hydrogen-bond acceptors (Lipinski definition) is 4. The zero-order valence-electron chi connectivity index (χ0n) is 19.8. The van der Waals surface area contributed by atoms with Crippen LogP contribution in [0.2, 0.25) is 0 Å². The van der Waals surface area contributed by atoms with Gasteiger partial charge in [0.2, 0.25) is 5.91 Å². The molecule has 1 saturated carbocycles. The lowest BCUT2D eigenvalue weighted by Crippen LogP contribution is -2.55. The van der Waals surface area contributed by atoms with Crippen LogP contribution in [0.1, 0.15) is 43.7 Å². The molecule has 176 valence electrons. The zero-order chi connectivity index (χ0) is 22.8. The van der Waals surface area contributed by atoms with Gasteiger partial charge in [-0.3, -0.25) is 19.4 Å². The molecule has 0 atom stereocenters. The Morgan fingerprint density at radius 1 is 0.970 bits per heavy atom. The summed E-state index contributed by atoms with van der Waals surface area (Å²) >= 11 is 0. The summed E-state index contributed by atoms with van der Waals surface area (Å²) in [6, 6.07) is 11.0. The predicted molar refractivity (Wildman–Crippen MR) is 131 cm³/mol. The minimum atomic E-state index is 0.0586. The zero-order valence-corrected chi connectivity index (χ0v) is 19.8. The summed E-state index contributed by atoms with van der Waals surface area (Å²) in [6.45, 7) is 8.93. The van der Waals surface area contributed by atoms with Gasteiger partial charge >= 0.3 is 0 Å². The molecule has 2 aliphatic heterocycles. The highest BCUT2D eigenvalue weighted by molar-refractivity contribution is 5.78. The van der Waals surface area contributed by atoms with Gasteiger partial charge < -0.3 is 9.47 Å². The standard InChI is InChI=1S/C27H36N4O2/c1-2-11-31-19-24(8-9-26(31)32)21-6-7-23-18-28(12-10-22(23)17-21)20-27(33)30-15-13-29(14-16-30)25-4-3-5-25/h6-9,17,19,25H,2-5,10-16,18,20H2,1H3. The third-order valence-corrected chi connectivity index (χ3v) is 7.70. The molecule has 0 spiro atoms. The molecule has 2 fully saturated rings. The summed E-state index contributed by atoms with van der Waals surface area (Å²) in [6.07, 6.45) is 7.93. The van der Waals surface area contributed by atoms with Crippen molar-refractivity contribution >= 4 is 5.91 Å². The van der Waals surface area contributed by atoms with E-state index < -0.39 is 0 Å². The molecule has 6 heteroatoms. The first-order chi connectivity index (χ1) is 16.1. The van der Waals surface area contributed by atoms with Crippen LogP contribution < -0.4 is 5.56 Å². The molecule has 0 radical (unpaired) electrons. The van der Waals surface area contributed by atoms with Crippen LogP contribution in [0.4, 0.5) is 0 Å². The summed E-state index contributed by atoms with van der Waals surface area (Å²) in [5.41, 5.74) is 4.98. The summed E-state index contributed by atoms with van der Waals surface area (Å²) < 4.78 is 1.80. The number of hydrogen-bond donors (Lipinski definition) is 0. The maximum atomic E-state index is 12.9. The molecule has 1 saturated heterocycles. The van der Waals surface area contributed by atoms with Crippen molar-refractivity contribution in [1.82, 2.24) is 19.3 Å². The summed E-state index contributed by atoms with van der Waals surface area (Å²) in [4.78, 5) is 31.9. The smallest absolute Gasteiger partial charge is 0.250 e. The van der Waals surface area contributed by atoms with Gasteiger partial charge in [-0.2, -0.15) is 0 Å². The molecule has 1 aromatic carbocycles. The van der Waals surface area contributed by atoms with Crippen molar-refractivity contribution in [2.45, 2.75) is 58.2 Å². The molecule has 0 unspecified atom stereocenters. The monoisotopic (exact) mass is 448 g/mol. The molecule has 1 aromatic heterocycles. The lowest BCUT2D eigenvalue weighted by molar-refractivity contribution is -0.135. The SMILES string of the molecule is CCCn1cc(-c2ccc3c(c2)CCN(CC(=O)N2CCN(C4CCC4)CC2)C3)ccc1=O. The van der Waals surface area contributed by atoms with E-state index in [0.29, 0.717) is 6.54 Å². The number of carbonyl (C=O) groups excluding carboxylic acids is 1. The molecule has 3 aliphatic rings. The van der Waals surface area contributed by atoms with E-state index in [4.69, 9.17) is 0 Å². The van der Waals surface area contributed by atoms with Crippen LogP contribution in [0.5, 0.6) is 0 Å². The average Bonchev–Trinajstić information content (AvgIpc) is 2.80. The summed E-state index contributed by atoms with van der Waals surface area (Å²) in [7, 11) is 0. The van der Waals surface area contributed by atoms with Crippen molar-refractivity contribution in [3.63, 3.8) is 0 Å². The Morgan fingerprint density at radius 2 is 1.76 bits per heavy atom. The van der Waals surface area contributed by atoms with E-state index >= 15 is 0 Å². The molecule has 6 nitrogen and oxygen atoms in total. The Bertz CT molecular complexity index is 1050. The number of carbonyl (C=O) groups is 1. The number of fused-ring (bicyclic) bond motifs is 1. The molecule has 33 heavy (non-hydrogen) atoms. The first kappa shape index (κ1) is 22.4. The van der Waals surface area contributed by atoms with E-state index in [1.54, 1.807) is 10.6 Å². The van der Waals surface area contributed by atoms with Crippen molar-refractivity contribution in [1.29, 1.82) is 0 Å². The van der Waals surface area contributed by atoms with Gasteiger partial charge in [-0.25, -0.2) is 0 Å². The average molecular weight is 449 g/mol. The molecule has 0 N–H and O–H groups in total. The van der Waals surface area contributed by atoms with Crippen molar-refractivity contribution in [3.05, 3.63) is 58.0 Å². The van der Waals surface area contributed by atoms with Gasteiger partial charge in [0.15, 0.2) is 0 Å². The number of aryl methyl sites for hydroxylation is 1. The second kappa shape index (κ2) is 9.82. The topological polar surface area (TPSA) is 48.8 Å². The minimum Gasteiger partial charge on any atom is -0.339 e. The van der Waals surface area contributed by atoms with Crippen LogP contribution in [0.3, 0.4) is 0 Å². The number of piperazine rings is 1. The normalized spacial score (nSPS) is 19.8. The van der Waals surface area contributed by atoms with Gasteiger partial charge in [0.05, 0.1) is 6.54 Å². The van der Waals surface area contributed by atoms with Crippen molar-refractivity contribution in [2.24, 2.45) is 0 Å². The van der Waals surface area contributed by atoms with Gasteiger partial charge in [-0.1, -0.05) is 31.5 Å². The van der Waals surface area contributed by atoms with E-state index in [-0.39, 0.29) is 11.5 Å². The number of pyridine rings is 1. The Kier molecular flexibility index (Phi) is 6.65. The fourth-order valence-electron chi connectivity index (χ4n) is 5.42. The van der Waals surface area contributed by atoms with Crippen molar-refractivity contribution in [3.8, 4) is 11.1 Å². The quantitative estimate of drug-likeness (QED) is 0.682. The first-order valence-electron chi connectivity index (χ1n) is 12.7. The van der Waals surface area contributed by atoms with E-state index in [1.807, 2.05) is 12.3 Å². The third-order valence-electron chi connectivity index (χ3n) is 7.70. The number of nitrogens with zero attached hydrogens (tertiary/aromatic N) is 4. The Balaban J connectivity index is 1.19. The summed E-state index contributed by atoms with van der Waals surface area (Å²) in [5.74, 6) is 0.279. The molecule has 1 amide bonds. The maximum Gasteiger partial charge on any atom is 0.250 e. The Morgan fingerprint density at radius 3 is 2.48 bits per heavy atom. The highest BCUT2D eigenvalue weighted by atomic mass is 16.2. The lowest BCUT2D eigenvalue weighted by Gasteiger charge is -2.43. The number of benzene rings is 1. The van der Waals surface area contributed by atoms with Gasteiger partial charge in [-0.15, -0.1) is 0 Å². The van der Waals surface area contributed by atoms with E-state index in [9.17, 15) is 9.59 Å². The Hall–Kier alpha value is -2.44. The maximum absolute atomic E-state index is 12.9. The predicted octanol–water partition coefficient (Wildman–Crippen LogP) is 2.98. The van der Waals surface area contributed by atoms with Crippen LogP contribution in [0, 0.1) is 0 Å². The van der Waals surface area contributed by atoms with Crippen LogP contribution in [-0.2, 0) is 24.3 Å². The minimum absolute atomic E-state index is 0.0586. The molecule has 5 rings (SSSR count). The second-order valence-corrected chi connectivity index (χ2v) is 9.90. The van der Waals surface area contributed by atoms with Crippen LogP contribution in [-0.4, -0.2) is 70.5 Å². The Labute approximate surface area is 196 Å². The molecule has 1 aliphatic carbocycles. The van der Waals surface area contributed by atoms with Crippen molar-refractivity contribution in [2.75, 3.05) is 39.3 Å². The number of aromatic nitrogens is 1. The van der Waals surface area contributed by atoms with Gasteiger partial charge in [0, 0.05) is 64.1 Å². The van der Waals surface area contributed by atoms with Crippen LogP contribution >= 0.6 is 0 Å². The number of amides is 1. The van der Waals surface area contributed by atoms with Crippen molar-refractivity contribution < 1.29 is 4.79 Å². The molecular formula is C27H36N4O2. The second-order valence-electron chi connectivity index (χ2n) is 9.90. The molecular weight excluding hydrogens is 412 g/mol. The fraction of sp³-hybridized carbons (Fsp3) is 0.556. The van der Waals surface area contributed by atoms with Crippen LogP contribution in [0.25, 0.3) is 11.1 Å². The van der Waals surface area contributed by atoms with E-state index in [0.717, 1.165) is 75.8 Å². The van der Waals surface area contributed by atoms with Gasteiger partial charge in [-0.05, 0) is 54.0 Å². The highest BCUT2D eigenvalue weighted by Crippen LogP contribution is 2.27. The molecule has 3 heterocycles. The largest absolute Gasteiger partial charge is 0.339 e. The lowest BCUT2D eigenvalue weighted by atomic mass is 9.91. The summed E-state index contributed by atoms with van der Waals surface area (Å²) in [5, 5.41) is 0. The molecule has 2 aromatic rings. The fourth-order valence-corrected chi connectivity index (χ4v) is 5.42. The van der Waals surface area contributed by atoms with E-state index in [2.05, 4.69) is 39.8 Å². The van der Waals surface area contributed by atoms with E-state index in [1.165, 1.54) is 30.4 Å².